The molecular formula is C20H28N2OS. The van der Waals surface area contributed by atoms with Crippen molar-refractivity contribution in [2.45, 2.75) is 39.7 Å². The molecule has 0 amide bonds. The largest absolute Gasteiger partial charge is 0.381 e. The van der Waals surface area contributed by atoms with Crippen molar-refractivity contribution in [2.75, 3.05) is 26.3 Å². The van der Waals surface area contributed by atoms with E-state index in [-0.39, 0.29) is 0 Å². The fourth-order valence-electron chi connectivity index (χ4n) is 3.66. The van der Waals surface area contributed by atoms with Gasteiger partial charge in [-0.05, 0) is 68.3 Å². The molecule has 0 saturated carbocycles. The van der Waals surface area contributed by atoms with Crippen molar-refractivity contribution in [3.05, 3.63) is 52.0 Å². The summed E-state index contributed by atoms with van der Waals surface area (Å²) in [6.07, 6.45) is 7.44. The Labute approximate surface area is 149 Å². The Hall–Kier alpha value is -1.23. The summed E-state index contributed by atoms with van der Waals surface area (Å²) >= 11 is 1.86. The second kappa shape index (κ2) is 8.24. The van der Waals surface area contributed by atoms with Gasteiger partial charge in [-0.15, -0.1) is 11.3 Å². The third-order valence-electron chi connectivity index (χ3n) is 4.99. The average Bonchev–Trinajstić information content (AvgIpc) is 3.19. The van der Waals surface area contributed by atoms with Gasteiger partial charge in [0.05, 0.1) is 6.61 Å². The summed E-state index contributed by atoms with van der Waals surface area (Å²) in [5.74, 6) is 0. The zero-order valence-electron chi connectivity index (χ0n) is 14.8. The molecule has 1 atom stereocenters. The quantitative estimate of drug-likeness (QED) is 0.713. The van der Waals surface area contributed by atoms with Crippen LogP contribution in [0, 0.1) is 12.3 Å². The Kier molecular flexibility index (Phi) is 6.04. The van der Waals surface area contributed by atoms with Crippen molar-refractivity contribution in [2.24, 2.45) is 5.41 Å². The number of hydrogen-bond acceptors (Lipinski definition) is 4. The van der Waals surface area contributed by atoms with Gasteiger partial charge in [0.1, 0.15) is 0 Å². The highest BCUT2D eigenvalue weighted by Gasteiger charge is 2.37. The third-order valence-corrected chi connectivity index (χ3v) is 5.90. The third kappa shape index (κ3) is 4.65. The highest BCUT2D eigenvalue weighted by atomic mass is 32.1. The standard InChI is InChI=1S/C20H28N2OS/c1-3-23-16-20(7-6-18-11-17(2)24-14-18)8-10-22(15-20)13-19-5-4-9-21-12-19/h4-5,9,11-12,14H,3,6-8,10,13,15-16H2,1-2H3/t20-/m0/s1. The van der Waals surface area contributed by atoms with Crippen LogP contribution in [0.4, 0.5) is 0 Å². The normalized spacial score (nSPS) is 21.4. The highest BCUT2D eigenvalue weighted by Crippen LogP contribution is 2.36. The first-order valence-corrected chi connectivity index (χ1v) is 9.80. The number of rotatable bonds is 8. The number of likely N-dealkylation sites (tertiary alicyclic amines) is 1. The zero-order valence-corrected chi connectivity index (χ0v) is 15.6. The number of aromatic nitrogens is 1. The molecule has 0 aliphatic carbocycles. The van der Waals surface area contributed by atoms with Crippen molar-refractivity contribution in [1.29, 1.82) is 0 Å². The minimum Gasteiger partial charge on any atom is -0.381 e. The lowest BCUT2D eigenvalue weighted by molar-refractivity contribution is 0.0489. The maximum atomic E-state index is 5.88. The molecule has 1 aliphatic rings. The van der Waals surface area contributed by atoms with E-state index in [1.54, 1.807) is 0 Å². The van der Waals surface area contributed by atoms with Crippen LogP contribution in [0.3, 0.4) is 0 Å². The predicted molar refractivity (Wildman–Crippen MR) is 100 cm³/mol. The van der Waals surface area contributed by atoms with Gasteiger partial charge in [0, 0.05) is 42.4 Å². The summed E-state index contributed by atoms with van der Waals surface area (Å²) in [5.41, 5.74) is 3.09. The first kappa shape index (κ1) is 17.6. The maximum Gasteiger partial charge on any atom is 0.0535 e. The lowest BCUT2D eigenvalue weighted by Gasteiger charge is -2.29. The lowest BCUT2D eigenvalue weighted by Crippen LogP contribution is -2.32. The van der Waals surface area contributed by atoms with Gasteiger partial charge in [-0.3, -0.25) is 9.88 Å². The molecule has 1 saturated heterocycles. The van der Waals surface area contributed by atoms with Crippen molar-refractivity contribution in [3.63, 3.8) is 0 Å². The van der Waals surface area contributed by atoms with E-state index in [4.69, 9.17) is 4.74 Å². The molecule has 2 aromatic rings. The first-order valence-electron chi connectivity index (χ1n) is 8.92. The van der Waals surface area contributed by atoms with E-state index in [0.29, 0.717) is 5.41 Å². The van der Waals surface area contributed by atoms with Gasteiger partial charge >= 0.3 is 0 Å². The van der Waals surface area contributed by atoms with E-state index < -0.39 is 0 Å². The first-order chi connectivity index (χ1) is 11.7. The number of pyridine rings is 1. The molecule has 2 aromatic heterocycles. The van der Waals surface area contributed by atoms with E-state index >= 15 is 0 Å². The van der Waals surface area contributed by atoms with Crippen LogP contribution >= 0.6 is 11.3 Å². The summed E-state index contributed by atoms with van der Waals surface area (Å²) in [4.78, 5) is 8.22. The smallest absolute Gasteiger partial charge is 0.0535 e. The number of nitrogens with zero attached hydrogens (tertiary/aromatic N) is 2. The Balaban J connectivity index is 1.61. The van der Waals surface area contributed by atoms with Crippen LogP contribution in [0.1, 0.15) is 35.8 Å². The molecule has 0 bridgehead atoms. The fraction of sp³-hybridized carbons (Fsp3) is 0.550. The second-order valence-electron chi connectivity index (χ2n) is 7.02. The minimum atomic E-state index is 0.300. The van der Waals surface area contributed by atoms with Crippen molar-refractivity contribution >= 4 is 11.3 Å². The molecule has 24 heavy (non-hydrogen) atoms. The van der Waals surface area contributed by atoms with Crippen molar-refractivity contribution < 1.29 is 4.74 Å². The van der Waals surface area contributed by atoms with Gasteiger partial charge in [-0.2, -0.15) is 0 Å². The molecular weight excluding hydrogens is 316 g/mol. The summed E-state index contributed by atoms with van der Waals surface area (Å²) in [6, 6.07) is 6.53. The van der Waals surface area contributed by atoms with Crippen LogP contribution in [0.5, 0.6) is 0 Å². The van der Waals surface area contributed by atoms with Crippen LogP contribution in [-0.4, -0.2) is 36.2 Å². The summed E-state index contributed by atoms with van der Waals surface area (Å²) in [6.45, 7) is 9.26. The molecule has 0 radical (unpaired) electrons. The molecule has 3 heterocycles. The highest BCUT2D eigenvalue weighted by molar-refractivity contribution is 7.10. The molecule has 0 aromatic carbocycles. The number of ether oxygens (including phenoxy) is 1. The van der Waals surface area contributed by atoms with Gasteiger partial charge in [-0.25, -0.2) is 0 Å². The average molecular weight is 345 g/mol. The Morgan fingerprint density at radius 1 is 1.38 bits per heavy atom. The van der Waals surface area contributed by atoms with E-state index in [0.717, 1.165) is 39.3 Å². The molecule has 130 valence electrons. The van der Waals surface area contributed by atoms with Crippen LogP contribution < -0.4 is 0 Å². The van der Waals surface area contributed by atoms with E-state index in [1.807, 2.05) is 29.8 Å². The van der Waals surface area contributed by atoms with Crippen molar-refractivity contribution in [3.8, 4) is 0 Å². The maximum absolute atomic E-state index is 5.88. The number of hydrogen-bond donors (Lipinski definition) is 0. The molecule has 1 aliphatic heterocycles. The monoisotopic (exact) mass is 344 g/mol. The Morgan fingerprint density at radius 3 is 3.00 bits per heavy atom. The van der Waals surface area contributed by atoms with Gasteiger partial charge in [0.15, 0.2) is 0 Å². The Morgan fingerprint density at radius 2 is 2.29 bits per heavy atom. The molecule has 3 rings (SSSR count). The number of aryl methyl sites for hydroxylation is 2. The van der Waals surface area contributed by atoms with Crippen LogP contribution in [0.2, 0.25) is 0 Å². The van der Waals surface area contributed by atoms with Gasteiger partial charge in [-0.1, -0.05) is 6.07 Å². The number of thiophene rings is 1. The Bertz CT molecular complexity index is 628. The summed E-state index contributed by atoms with van der Waals surface area (Å²) in [7, 11) is 0. The van der Waals surface area contributed by atoms with E-state index in [2.05, 4.69) is 41.2 Å². The van der Waals surface area contributed by atoms with Crippen LogP contribution in [-0.2, 0) is 17.7 Å². The predicted octanol–water partition coefficient (Wildman–Crippen LogP) is 4.31. The van der Waals surface area contributed by atoms with E-state index in [1.165, 1.54) is 28.8 Å². The summed E-state index contributed by atoms with van der Waals surface area (Å²) < 4.78 is 5.88. The van der Waals surface area contributed by atoms with Gasteiger partial charge < -0.3 is 4.74 Å². The topological polar surface area (TPSA) is 25.4 Å². The van der Waals surface area contributed by atoms with Gasteiger partial charge in [0.25, 0.3) is 0 Å². The molecule has 4 heteroatoms. The fourth-order valence-corrected chi connectivity index (χ4v) is 4.41. The molecule has 1 fully saturated rings. The van der Waals surface area contributed by atoms with Crippen molar-refractivity contribution in [1.82, 2.24) is 9.88 Å². The van der Waals surface area contributed by atoms with E-state index in [9.17, 15) is 0 Å². The van der Waals surface area contributed by atoms with Crippen LogP contribution in [0.25, 0.3) is 0 Å². The van der Waals surface area contributed by atoms with Gasteiger partial charge in [0.2, 0.25) is 0 Å². The molecule has 0 spiro atoms. The SMILES string of the molecule is CCOC[C@@]1(CCc2csc(C)c2)CCN(Cc2cccnc2)C1. The lowest BCUT2D eigenvalue weighted by atomic mass is 9.82. The zero-order chi connectivity index (χ0) is 16.8. The molecule has 0 unspecified atom stereocenters. The summed E-state index contributed by atoms with van der Waals surface area (Å²) in [5, 5.41) is 2.31. The molecule has 0 N–H and O–H groups in total. The van der Waals surface area contributed by atoms with Crippen LogP contribution in [0.15, 0.2) is 36.0 Å². The molecule has 3 nitrogen and oxygen atoms in total. The second-order valence-corrected chi connectivity index (χ2v) is 8.14. The minimum absolute atomic E-state index is 0.300.